The maximum Gasteiger partial charge on any atom is 0.196 e. The molecule has 0 aromatic heterocycles. The minimum absolute atomic E-state index is 0.223. The highest BCUT2D eigenvalue weighted by Gasteiger charge is 2.20. The van der Waals surface area contributed by atoms with E-state index in [1.54, 1.807) is 0 Å². The molecule has 0 saturated heterocycles. The molecular weight excluding hydrogens is 216 g/mol. The summed E-state index contributed by atoms with van der Waals surface area (Å²) in [7, 11) is 0. The molecule has 1 atom stereocenters. The van der Waals surface area contributed by atoms with E-state index in [9.17, 15) is 4.79 Å². The third kappa shape index (κ3) is 2.67. The van der Waals surface area contributed by atoms with Gasteiger partial charge in [-0.2, -0.15) is 0 Å². The van der Waals surface area contributed by atoms with Crippen LogP contribution in [-0.2, 0) is 11.2 Å². The highest BCUT2D eigenvalue weighted by molar-refractivity contribution is 5.99. The van der Waals surface area contributed by atoms with Gasteiger partial charge in [-0.1, -0.05) is 12.1 Å². The summed E-state index contributed by atoms with van der Waals surface area (Å²) in [6, 6.07) is 5.66. The average molecular weight is 234 g/mol. The Morgan fingerprint density at radius 2 is 2.18 bits per heavy atom. The first-order valence-corrected chi connectivity index (χ1v) is 6.15. The van der Waals surface area contributed by atoms with Crippen LogP contribution in [0.5, 0.6) is 5.75 Å². The third-order valence-corrected chi connectivity index (χ3v) is 2.96. The molecule has 3 heteroatoms. The molecule has 1 aliphatic rings. The molecule has 1 aromatic rings. The zero-order valence-electron chi connectivity index (χ0n) is 10.4. The SMILES string of the molecule is CCOC(C)Oc1cccc2c1CCCC2=O. The van der Waals surface area contributed by atoms with Gasteiger partial charge in [-0.05, 0) is 32.8 Å². The zero-order chi connectivity index (χ0) is 12.3. The fourth-order valence-corrected chi connectivity index (χ4v) is 2.20. The molecular formula is C14H18O3. The number of ether oxygens (including phenoxy) is 2. The van der Waals surface area contributed by atoms with Gasteiger partial charge in [0.25, 0.3) is 0 Å². The van der Waals surface area contributed by atoms with Gasteiger partial charge in [-0.25, -0.2) is 0 Å². The van der Waals surface area contributed by atoms with E-state index in [0.717, 1.165) is 29.7 Å². The van der Waals surface area contributed by atoms with Gasteiger partial charge >= 0.3 is 0 Å². The third-order valence-electron chi connectivity index (χ3n) is 2.96. The molecule has 0 amide bonds. The lowest BCUT2D eigenvalue weighted by atomic mass is 9.90. The molecule has 0 fully saturated rings. The van der Waals surface area contributed by atoms with Gasteiger partial charge < -0.3 is 9.47 Å². The molecule has 0 aliphatic heterocycles. The second-order valence-corrected chi connectivity index (χ2v) is 4.20. The van der Waals surface area contributed by atoms with E-state index in [1.807, 2.05) is 32.0 Å². The van der Waals surface area contributed by atoms with E-state index in [4.69, 9.17) is 9.47 Å². The molecule has 0 radical (unpaired) electrons. The number of Topliss-reactive ketones (excluding diaryl/α,β-unsaturated/α-hetero) is 1. The molecule has 3 nitrogen and oxygen atoms in total. The average Bonchev–Trinajstić information content (AvgIpc) is 2.31. The van der Waals surface area contributed by atoms with Crippen LogP contribution in [-0.4, -0.2) is 18.7 Å². The van der Waals surface area contributed by atoms with Crippen molar-refractivity contribution in [1.29, 1.82) is 0 Å². The quantitative estimate of drug-likeness (QED) is 0.751. The monoisotopic (exact) mass is 234 g/mol. The van der Waals surface area contributed by atoms with Crippen LogP contribution < -0.4 is 4.74 Å². The van der Waals surface area contributed by atoms with Gasteiger partial charge in [0.15, 0.2) is 12.1 Å². The number of hydrogen-bond donors (Lipinski definition) is 0. The minimum atomic E-state index is -0.275. The zero-order valence-corrected chi connectivity index (χ0v) is 10.4. The lowest BCUT2D eigenvalue weighted by Gasteiger charge is -2.21. The summed E-state index contributed by atoms with van der Waals surface area (Å²) in [6.45, 7) is 4.42. The lowest BCUT2D eigenvalue weighted by molar-refractivity contribution is -0.0618. The van der Waals surface area contributed by atoms with Crippen molar-refractivity contribution in [1.82, 2.24) is 0 Å². The molecule has 17 heavy (non-hydrogen) atoms. The van der Waals surface area contributed by atoms with E-state index in [-0.39, 0.29) is 12.1 Å². The van der Waals surface area contributed by atoms with E-state index >= 15 is 0 Å². The second-order valence-electron chi connectivity index (χ2n) is 4.20. The van der Waals surface area contributed by atoms with Crippen LogP contribution in [0.25, 0.3) is 0 Å². The summed E-state index contributed by atoms with van der Waals surface area (Å²) in [6.07, 6.45) is 2.20. The largest absolute Gasteiger partial charge is 0.465 e. The van der Waals surface area contributed by atoms with Crippen molar-refractivity contribution in [3.63, 3.8) is 0 Å². The van der Waals surface area contributed by atoms with Crippen LogP contribution in [0.1, 0.15) is 42.6 Å². The molecule has 1 aliphatic carbocycles. The summed E-state index contributed by atoms with van der Waals surface area (Å²) in [5, 5.41) is 0. The first kappa shape index (κ1) is 12.1. The molecule has 0 spiro atoms. The topological polar surface area (TPSA) is 35.5 Å². The Balaban J connectivity index is 2.23. The van der Waals surface area contributed by atoms with Gasteiger partial charge in [-0.15, -0.1) is 0 Å². The maximum absolute atomic E-state index is 11.8. The summed E-state index contributed by atoms with van der Waals surface area (Å²) in [4.78, 5) is 11.8. The normalized spacial score (nSPS) is 16.5. The van der Waals surface area contributed by atoms with Crippen molar-refractivity contribution in [2.75, 3.05) is 6.61 Å². The van der Waals surface area contributed by atoms with E-state index in [1.165, 1.54) is 0 Å². The van der Waals surface area contributed by atoms with Crippen molar-refractivity contribution in [3.05, 3.63) is 29.3 Å². The van der Waals surface area contributed by atoms with E-state index < -0.39 is 0 Å². The van der Waals surface area contributed by atoms with Crippen LogP contribution in [0.3, 0.4) is 0 Å². The minimum Gasteiger partial charge on any atom is -0.465 e. The van der Waals surface area contributed by atoms with Gasteiger partial charge in [0.1, 0.15) is 5.75 Å². The van der Waals surface area contributed by atoms with Crippen LogP contribution in [0.2, 0.25) is 0 Å². The van der Waals surface area contributed by atoms with E-state index in [0.29, 0.717) is 13.0 Å². The number of rotatable bonds is 4. The highest BCUT2D eigenvalue weighted by Crippen LogP contribution is 2.30. The number of carbonyl (C=O) groups excluding carboxylic acids is 1. The predicted molar refractivity (Wildman–Crippen MR) is 65.4 cm³/mol. The summed E-state index contributed by atoms with van der Waals surface area (Å²) < 4.78 is 11.1. The Morgan fingerprint density at radius 3 is 2.94 bits per heavy atom. The van der Waals surface area contributed by atoms with Gasteiger partial charge in [0, 0.05) is 24.2 Å². The van der Waals surface area contributed by atoms with Crippen LogP contribution >= 0.6 is 0 Å². The predicted octanol–water partition coefficient (Wildman–Crippen LogP) is 2.97. The van der Waals surface area contributed by atoms with E-state index in [2.05, 4.69) is 0 Å². The van der Waals surface area contributed by atoms with Crippen molar-refractivity contribution in [3.8, 4) is 5.75 Å². The Hall–Kier alpha value is -1.35. The number of carbonyl (C=O) groups is 1. The number of benzene rings is 1. The fraction of sp³-hybridized carbons (Fsp3) is 0.500. The number of fused-ring (bicyclic) bond motifs is 1. The first-order chi connectivity index (χ1) is 8.22. The molecule has 1 aromatic carbocycles. The van der Waals surface area contributed by atoms with Crippen LogP contribution in [0.4, 0.5) is 0 Å². The number of hydrogen-bond acceptors (Lipinski definition) is 3. The molecule has 0 saturated carbocycles. The van der Waals surface area contributed by atoms with Crippen molar-refractivity contribution < 1.29 is 14.3 Å². The molecule has 1 unspecified atom stereocenters. The Kier molecular flexibility index (Phi) is 3.79. The van der Waals surface area contributed by atoms with Gasteiger partial charge in [-0.3, -0.25) is 4.79 Å². The number of ketones is 1. The molecule has 0 N–H and O–H groups in total. The van der Waals surface area contributed by atoms with Crippen molar-refractivity contribution in [2.24, 2.45) is 0 Å². The summed E-state index contributed by atoms with van der Waals surface area (Å²) in [5.41, 5.74) is 1.85. The Bertz CT molecular complexity index is 412. The first-order valence-electron chi connectivity index (χ1n) is 6.15. The molecule has 92 valence electrons. The fourth-order valence-electron chi connectivity index (χ4n) is 2.20. The Morgan fingerprint density at radius 1 is 1.35 bits per heavy atom. The van der Waals surface area contributed by atoms with Gasteiger partial charge in [0.05, 0.1) is 0 Å². The smallest absolute Gasteiger partial charge is 0.196 e. The molecule has 2 rings (SSSR count). The summed E-state index contributed by atoms with van der Waals surface area (Å²) in [5.74, 6) is 1.01. The maximum atomic E-state index is 11.8. The summed E-state index contributed by atoms with van der Waals surface area (Å²) >= 11 is 0. The Labute approximate surface area is 102 Å². The van der Waals surface area contributed by atoms with Gasteiger partial charge in [0.2, 0.25) is 0 Å². The molecule has 0 bridgehead atoms. The van der Waals surface area contributed by atoms with Crippen molar-refractivity contribution >= 4 is 5.78 Å². The molecule has 0 heterocycles. The van der Waals surface area contributed by atoms with Crippen molar-refractivity contribution in [2.45, 2.75) is 39.4 Å². The van der Waals surface area contributed by atoms with Crippen LogP contribution in [0.15, 0.2) is 18.2 Å². The van der Waals surface area contributed by atoms with Crippen LogP contribution in [0, 0.1) is 0 Å². The highest BCUT2D eigenvalue weighted by atomic mass is 16.7. The standard InChI is InChI=1S/C14H18O3/c1-3-16-10(2)17-14-9-5-6-11-12(14)7-4-8-13(11)15/h5-6,9-10H,3-4,7-8H2,1-2H3. The lowest BCUT2D eigenvalue weighted by Crippen LogP contribution is -2.19. The second kappa shape index (κ2) is 5.32.